The lowest BCUT2D eigenvalue weighted by molar-refractivity contribution is 0.102. The maximum Gasteiger partial charge on any atom is 0.258 e. The lowest BCUT2D eigenvalue weighted by Crippen LogP contribution is -2.14. The third-order valence-corrected chi connectivity index (χ3v) is 3.14. The second-order valence-electron chi connectivity index (χ2n) is 4.79. The molecule has 1 N–H and O–H groups in total. The van der Waals surface area contributed by atoms with Crippen molar-refractivity contribution in [2.75, 3.05) is 12.4 Å². The number of nitrogens with zero attached hydrogens (tertiary/aromatic N) is 2. The number of hydrogen-bond acceptors (Lipinski definition) is 4. The number of aromatic nitrogens is 2. The van der Waals surface area contributed by atoms with Gasteiger partial charge in [-0.2, -0.15) is 4.98 Å². The summed E-state index contributed by atoms with van der Waals surface area (Å²) >= 11 is 5.83. The molecule has 0 saturated carbocycles. The average Bonchev–Trinajstić information content (AvgIpc) is 2.46. The van der Waals surface area contributed by atoms with E-state index in [0.29, 0.717) is 17.4 Å². The molecular formula is C15H16ClN3O2. The summed E-state index contributed by atoms with van der Waals surface area (Å²) in [5.74, 6) is 0.523. The molecule has 6 heteroatoms. The Morgan fingerprint density at radius 3 is 2.48 bits per heavy atom. The first kappa shape index (κ1) is 15.3. The van der Waals surface area contributed by atoms with Crippen LogP contribution >= 0.6 is 11.6 Å². The van der Waals surface area contributed by atoms with Gasteiger partial charge in [0.2, 0.25) is 11.8 Å². The molecule has 1 aromatic carbocycles. The molecule has 5 nitrogen and oxygen atoms in total. The van der Waals surface area contributed by atoms with Gasteiger partial charge in [0.1, 0.15) is 5.15 Å². The van der Waals surface area contributed by atoms with Gasteiger partial charge in [-0.1, -0.05) is 37.6 Å². The highest BCUT2D eigenvalue weighted by atomic mass is 35.5. The van der Waals surface area contributed by atoms with Gasteiger partial charge < -0.3 is 4.74 Å². The number of hydrogen-bond donors (Lipinski definition) is 1. The number of nitrogens with one attached hydrogen (secondary N) is 1. The van der Waals surface area contributed by atoms with E-state index in [-0.39, 0.29) is 17.0 Å². The maximum atomic E-state index is 12.1. The number of anilines is 1. The molecule has 110 valence electrons. The van der Waals surface area contributed by atoms with Gasteiger partial charge in [0.05, 0.1) is 7.11 Å². The quantitative estimate of drug-likeness (QED) is 0.878. The Morgan fingerprint density at radius 2 is 1.90 bits per heavy atom. The molecule has 0 aliphatic carbocycles. The van der Waals surface area contributed by atoms with Crippen molar-refractivity contribution in [1.29, 1.82) is 0 Å². The summed E-state index contributed by atoms with van der Waals surface area (Å²) in [6, 6.07) is 8.87. The molecule has 0 radical (unpaired) electrons. The second-order valence-corrected chi connectivity index (χ2v) is 5.17. The smallest absolute Gasteiger partial charge is 0.258 e. The van der Waals surface area contributed by atoms with E-state index in [1.165, 1.54) is 18.7 Å². The van der Waals surface area contributed by atoms with Crippen LogP contribution in [0, 0.1) is 0 Å². The van der Waals surface area contributed by atoms with Crippen LogP contribution in [-0.2, 0) is 0 Å². The number of carbonyl (C=O) groups is 1. The monoisotopic (exact) mass is 305 g/mol. The predicted octanol–water partition coefficient (Wildman–Crippen LogP) is 3.51. The molecule has 0 bridgehead atoms. The third-order valence-electron chi connectivity index (χ3n) is 2.95. The van der Waals surface area contributed by atoms with Crippen molar-refractivity contribution in [3.05, 3.63) is 46.6 Å². The summed E-state index contributed by atoms with van der Waals surface area (Å²) in [5.41, 5.74) is 1.70. The number of methoxy groups -OCH3 is 1. The van der Waals surface area contributed by atoms with Gasteiger partial charge in [0.25, 0.3) is 5.91 Å². The summed E-state index contributed by atoms with van der Waals surface area (Å²) in [6.45, 7) is 4.20. The number of benzene rings is 1. The number of carbonyl (C=O) groups excluding carboxylic acids is 1. The first-order chi connectivity index (χ1) is 9.99. The van der Waals surface area contributed by atoms with Crippen LogP contribution in [0.5, 0.6) is 5.88 Å². The van der Waals surface area contributed by atoms with E-state index in [1.807, 2.05) is 12.1 Å². The Morgan fingerprint density at radius 1 is 1.24 bits per heavy atom. The average molecular weight is 306 g/mol. The SMILES string of the molecule is COc1cc(Cl)nc(NC(=O)c2ccc(C(C)C)cc2)n1. The minimum Gasteiger partial charge on any atom is -0.481 e. The van der Waals surface area contributed by atoms with Crippen molar-refractivity contribution >= 4 is 23.5 Å². The number of rotatable bonds is 4. The van der Waals surface area contributed by atoms with Crippen molar-refractivity contribution in [3.8, 4) is 5.88 Å². The molecule has 0 fully saturated rings. The molecular weight excluding hydrogens is 290 g/mol. The van der Waals surface area contributed by atoms with Crippen LogP contribution in [0.2, 0.25) is 5.15 Å². The van der Waals surface area contributed by atoms with Gasteiger partial charge >= 0.3 is 0 Å². The molecule has 1 heterocycles. The standard InChI is InChI=1S/C15H16ClN3O2/c1-9(2)10-4-6-11(7-5-10)14(20)19-15-17-12(16)8-13(18-15)21-3/h4-9H,1-3H3,(H,17,18,19,20). The highest BCUT2D eigenvalue weighted by Gasteiger charge is 2.10. The van der Waals surface area contributed by atoms with Crippen molar-refractivity contribution in [2.24, 2.45) is 0 Å². The summed E-state index contributed by atoms with van der Waals surface area (Å²) < 4.78 is 4.98. The van der Waals surface area contributed by atoms with Gasteiger partial charge in [-0.15, -0.1) is 0 Å². The lowest BCUT2D eigenvalue weighted by atomic mass is 10.0. The summed E-state index contributed by atoms with van der Waals surface area (Å²) in [7, 11) is 1.47. The zero-order valence-electron chi connectivity index (χ0n) is 12.1. The molecule has 2 aromatic rings. The van der Waals surface area contributed by atoms with Crippen molar-refractivity contribution < 1.29 is 9.53 Å². The van der Waals surface area contributed by atoms with Crippen LogP contribution in [0.4, 0.5) is 5.95 Å². The van der Waals surface area contributed by atoms with Crippen LogP contribution < -0.4 is 10.1 Å². The van der Waals surface area contributed by atoms with Gasteiger partial charge in [0, 0.05) is 11.6 Å². The Hall–Kier alpha value is -2.14. The molecule has 0 unspecified atom stereocenters. The van der Waals surface area contributed by atoms with Crippen LogP contribution in [-0.4, -0.2) is 23.0 Å². The maximum absolute atomic E-state index is 12.1. The molecule has 0 saturated heterocycles. The van der Waals surface area contributed by atoms with Gasteiger partial charge in [0.15, 0.2) is 0 Å². The third kappa shape index (κ3) is 3.92. The van der Waals surface area contributed by atoms with Crippen LogP contribution in [0.25, 0.3) is 0 Å². The van der Waals surface area contributed by atoms with Gasteiger partial charge in [-0.25, -0.2) is 4.98 Å². The Balaban J connectivity index is 2.15. The first-order valence-corrected chi connectivity index (χ1v) is 6.87. The lowest BCUT2D eigenvalue weighted by Gasteiger charge is -2.08. The highest BCUT2D eigenvalue weighted by Crippen LogP contribution is 2.17. The fourth-order valence-corrected chi connectivity index (χ4v) is 1.92. The number of amides is 1. The summed E-state index contributed by atoms with van der Waals surface area (Å²) in [5, 5.41) is 2.80. The highest BCUT2D eigenvalue weighted by molar-refractivity contribution is 6.29. The fourth-order valence-electron chi connectivity index (χ4n) is 1.75. The Kier molecular flexibility index (Phi) is 4.75. The van der Waals surface area contributed by atoms with Gasteiger partial charge in [-0.05, 0) is 23.6 Å². The van der Waals surface area contributed by atoms with E-state index in [1.54, 1.807) is 12.1 Å². The normalized spacial score (nSPS) is 10.5. The van der Waals surface area contributed by atoms with E-state index in [2.05, 4.69) is 29.1 Å². The van der Waals surface area contributed by atoms with E-state index in [9.17, 15) is 4.79 Å². The van der Waals surface area contributed by atoms with Gasteiger partial charge in [-0.3, -0.25) is 10.1 Å². The molecule has 0 aliphatic heterocycles. The fraction of sp³-hybridized carbons (Fsp3) is 0.267. The van der Waals surface area contributed by atoms with Crippen molar-refractivity contribution in [3.63, 3.8) is 0 Å². The summed E-state index contributed by atoms with van der Waals surface area (Å²) in [4.78, 5) is 20.1. The first-order valence-electron chi connectivity index (χ1n) is 6.49. The zero-order chi connectivity index (χ0) is 15.4. The number of ether oxygens (including phenoxy) is 1. The van der Waals surface area contributed by atoms with E-state index in [4.69, 9.17) is 16.3 Å². The zero-order valence-corrected chi connectivity index (χ0v) is 12.8. The number of halogens is 1. The minimum absolute atomic E-state index is 0.109. The van der Waals surface area contributed by atoms with Crippen LogP contribution in [0.3, 0.4) is 0 Å². The molecule has 0 aliphatic rings. The van der Waals surface area contributed by atoms with Crippen molar-refractivity contribution in [2.45, 2.75) is 19.8 Å². The minimum atomic E-state index is -0.297. The van der Waals surface area contributed by atoms with Crippen molar-refractivity contribution in [1.82, 2.24) is 9.97 Å². The van der Waals surface area contributed by atoms with E-state index < -0.39 is 0 Å². The summed E-state index contributed by atoms with van der Waals surface area (Å²) in [6.07, 6.45) is 0. The molecule has 2 rings (SSSR count). The largest absolute Gasteiger partial charge is 0.481 e. The molecule has 0 spiro atoms. The Bertz CT molecular complexity index is 642. The Labute approximate surface area is 128 Å². The van der Waals surface area contributed by atoms with E-state index >= 15 is 0 Å². The molecule has 0 atom stereocenters. The van der Waals surface area contributed by atoms with Crippen LogP contribution in [0.15, 0.2) is 30.3 Å². The molecule has 21 heavy (non-hydrogen) atoms. The topological polar surface area (TPSA) is 64.1 Å². The molecule has 1 amide bonds. The van der Waals surface area contributed by atoms with Crippen LogP contribution in [0.1, 0.15) is 35.7 Å². The molecule has 1 aromatic heterocycles. The predicted molar refractivity (Wildman–Crippen MR) is 82.1 cm³/mol. The second kappa shape index (κ2) is 6.54. The van der Waals surface area contributed by atoms with E-state index in [0.717, 1.165) is 0 Å².